The first-order chi connectivity index (χ1) is 10.8. The molecule has 1 heterocycles. The minimum absolute atomic E-state index is 0.115. The van der Waals surface area contributed by atoms with E-state index in [-0.39, 0.29) is 4.90 Å². The topological polar surface area (TPSA) is 74.4 Å². The number of aliphatic carboxylic acids is 1. The van der Waals surface area contributed by atoms with E-state index in [2.05, 4.69) is 0 Å². The molecular weight excluding hydrogens is 314 g/mol. The van der Waals surface area contributed by atoms with Crippen LogP contribution in [0, 0.1) is 13.8 Å². The summed E-state index contributed by atoms with van der Waals surface area (Å²) < 4.78 is 26.5. The highest BCUT2D eigenvalue weighted by Crippen LogP contribution is 2.47. The molecule has 3 atom stereocenters. The van der Waals surface area contributed by atoms with E-state index < -0.39 is 28.1 Å². The lowest BCUT2D eigenvalue weighted by Crippen LogP contribution is -2.19. The Balaban J connectivity index is 1.98. The monoisotopic (exact) mass is 331 g/mol. The molecule has 0 aliphatic carbocycles. The van der Waals surface area contributed by atoms with Crippen LogP contribution in [0.2, 0.25) is 0 Å². The van der Waals surface area contributed by atoms with Crippen LogP contribution in [0.25, 0.3) is 0 Å². The summed E-state index contributed by atoms with van der Waals surface area (Å²) in [5.41, 5.74) is 2.67. The number of carboxylic acid groups (broad SMARTS) is 1. The number of aryl methyl sites for hydroxylation is 2. The summed E-state index contributed by atoms with van der Waals surface area (Å²) in [5, 5.41) is 9.36. The molecule has 120 valence electrons. The second kappa shape index (κ2) is 5.47. The molecule has 5 nitrogen and oxygen atoms in total. The predicted molar refractivity (Wildman–Crippen MR) is 85.5 cm³/mol. The second-order valence-corrected chi connectivity index (χ2v) is 7.63. The maximum absolute atomic E-state index is 12.7. The summed E-state index contributed by atoms with van der Waals surface area (Å²) in [5.74, 6) is -1.13. The zero-order chi connectivity index (χ0) is 16.8. The molecule has 1 N–H and O–H groups in total. The van der Waals surface area contributed by atoms with E-state index in [4.69, 9.17) is 0 Å². The van der Waals surface area contributed by atoms with Crippen LogP contribution >= 0.6 is 0 Å². The molecule has 3 rings (SSSR count). The molecule has 2 aromatic carbocycles. The SMILES string of the molecule is Cc1ccc([C@@H]2[C@@H](C(=O)O)N2S(=O)(=O)c2ccc(C)cc2)cc1. The Labute approximate surface area is 135 Å². The van der Waals surface area contributed by atoms with Gasteiger partial charge in [-0.2, -0.15) is 4.31 Å². The summed E-state index contributed by atoms with van der Waals surface area (Å²) in [6.45, 7) is 3.79. The first kappa shape index (κ1) is 15.7. The summed E-state index contributed by atoms with van der Waals surface area (Å²) in [6.07, 6.45) is 0. The van der Waals surface area contributed by atoms with Crippen molar-refractivity contribution < 1.29 is 18.3 Å². The number of nitrogens with zero attached hydrogens (tertiary/aromatic N) is 1. The molecule has 2 aromatic rings. The molecule has 0 saturated carbocycles. The van der Waals surface area contributed by atoms with Gasteiger partial charge in [0.1, 0.15) is 6.04 Å². The van der Waals surface area contributed by atoms with Gasteiger partial charge in [0.2, 0.25) is 10.0 Å². The number of rotatable bonds is 4. The van der Waals surface area contributed by atoms with Gasteiger partial charge in [-0.05, 0) is 31.5 Å². The number of hydrogen-bond acceptors (Lipinski definition) is 3. The maximum atomic E-state index is 12.7. The van der Waals surface area contributed by atoms with E-state index in [0.29, 0.717) is 5.56 Å². The quantitative estimate of drug-likeness (QED) is 0.874. The Morgan fingerprint density at radius 1 is 0.957 bits per heavy atom. The Kier molecular flexibility index (Phi) is 3.74. The van der Waals surface area contributed by atoms with Gasteiger partial charge in [0.25, 0.3) is 0 Å². The van der Waals surface area contributed by atoms with Crippen LogP contribution in [0.15, 0.2) is 53.4 Å². The van der Waals surface area contributed by atoms with Gasteiger partial charge in [0.05, 0.1) is 10.9 Å². The average molecular weight is 331 g/mol. The van der Waals surface area contributed by atoms with Gasteiger partial charge in [-0.25, -0.2) is 8.42 Å². The van der Waals surface area contributed by atoms with Crippen LogP contribution in [0.4, 0.5) is 0 Å². The van der Waals surface area contributed by atoms with Gasteiger partial charge >= 0.3 is 5.97 Å². The van der Waals surface area contributed by atoms with Gasteiger partial charge in [0.15, 0.2) is 0 Å². The molecule has 1 fully saturated rings. The van der Waals surface area contributed by atoms with Gasteiger partial charge in [-0.15, -0.1) is 0 Å². The molecule has 1 unspecified atom stereocenters. The normalized spacial score (nSPS) is 23.5. The second-order valence-electron chi connectivity index (χ2n) is 5.79. The smallest absolute Gasteiger partial charge is 0.324 e. The van der Waals surface area contributed by atoms with Crippen molar-refractivity contribution in [3.8, 4) is 0 Å². The zero-order valence-electron chi connectivity index (χ0n) is 12.8. The molecule has 0 spiro atoms. The van der Waals surface area contributed by atoms with E-state index in [0.717, 1.165) is 15.4 Å². The van der Waals surface area contributed by atoms with Crippen LogP contribution in [0.1, 0.15) is 22.7 Å². The maximum Gasteiger partial charge on any atom is 0.324 e. The fourth-order valence-corrected chi connectivity index (χ4v) is 4.39. The average Bonchev–Trinajstić information content (AvgIpc) is 3.25. The molecule has 1 saturated heterocycles. The third kappa shape index (κ3) is 2.75. The number of carboxylic acids is 1. The van der Waals surface area contributed by atoms with Crippen molar-refractivity contribution in [3.63, 3.8) is 0 Å². The van der Waals surface area contributed by atoms with Crippen LogP contribution in [-0.2, 0) is 14.8 Å². The van der Waals surface area contributed by atoms with E-state index in [1.54, 1.807) is 24.3 Å². The van der Waals surface area contributed by atoms with Crippen molar-refractivity contribution >= 4 is 16.0 Å². The lowest BCUT2D eigenvalue weighted by Gasteiger charge is -2.07. The molecule has 0 amide bonds. The molecule has 23 heavy (non-hydrogen) atoms. The number of sulfonamides is 1. The van der Waals surface area contributed by atoms with E-state index in [1.807, 2.05) is 26.0 Å². The Hall–Kier alpha value is -2.18. The third-order valence-corrected chi connectivity index (χ3v) is 5.90. The molecular formula is C17H17NO4S. The van der Waals surface area contributed by atoms with Gasteiger partial charge in [-0.1, -0.05) is 47.5 Å². The van der Waals surface area contributed by atoms with Crippen LogP contribution < -0.4 is 0 Å². The lowest BCUT2D eigenvalue weighted by atomic mass is 10.1. The summed E-state index contributed by atoms with van der Waals surface area (Å²) in [6, 6.07) is 12.0. The van der Waals surface area contributed by atoms with E-state index in [1.165, 1.54) is 12.1 Å². The van der Waals surface area contributed by atoms with Crippen molar-refractivity contribution in [2.45, 2.75) is 30.8 Å². The summed E-state index contributed by atoms with van der Waals surface area (Å²) in [4.78, 5) is 11.6. The highest BCUT2D eigenvalue weighted by Gasteiger charge is 2.60. The van der Waals surface area contributed by atoms with Gasteiger partial charge < -0.3 is 5.11 Å². The fourth-order valence-electron chi connectivity index (χ4n) is 2.68. The summed E-state index contributed by atoms with van der Waals surface area (Å²) in [7, 11) is -3.83. The highest BCUT2D eigenvalue weighted by molar-refractivity contribution is 7.89. The molecule has 0 aromatic heterocycles. The molecule has 1 aliphatic heterocycles. The van der Waals surface area contributed by atoms with Crippen LogP contribution in [-0.4, -0.2) is 29.8 Å². The van der Waals surface area contributed by atoms with Crippen LogP contribution in [0.5, 0.6) is 0 Å². The standard InChI is InChI=1S/C17H17NO4S/c1-11-3-7-13(8-4-11)15-16(17(19)20)18(15)23(21,22)14-9-5-12(2)6-10-14/h3-10,15-16H,1-2H3,(H,19,20)/t15-,16+,18?/m1/s1. The van der Waals surface area contributed by atoms with Crippen molar-refractivity contribution in [2.24, 2.45) is 0 Å². The van der Waals surface area contributed by atoms with Crippen molar-refractivity contribution in [2.75, 3.05) is 0 Å². The minimum Gasteiger partial charge on any atom is -0.480 e. The summed E-state index contributed by atoms with van der Waals surface area (Å²) >= 11 is 0. The first-order valence-corrected chi connectivity index (χ1v) is 8.66. The zero-order valence-corrected chi connectivity index (χ0v) is 13.6. The Morgan fingerprint density at radius 2 is 1.43 bits per heavy atom. The number of hydrogen-bond donors (Lipinski definition) is 1. The van der Waals surface area contributed by atoms with E-state index >= 15 is 0 Å². The lowest BCUT2D eigenvalue weighted by molar-refractivity contribution is -0.137. The van der Waals surface area contributed by atoms with Crippen molar-refractivity contribution in [3.05, 3.63) is 65.2 Å². The molecule has 6 heteroatoms. The van der Waals surface area contributed by atoms with Gasteiger partial charge in [0, 0.05) is 0 Å². The first-order valence-electron chi connectivity index (χ1n) is 7.22. The third-order valence-electron chi connectivity index (χ3n) is 4.03. The van der Waals surface area contributed by atoms with Crippen molar-refractivity contribution in [1.29, 1.82) is 0 Å². The predicted octanol–water partition coefficient (Wildman–Crippen LogP) is 2.50. The highest BCUT2D eigenvalue weighted by atomic mass is 32.2. The molecule has 1 aliphatic rings. The Bertz CT molecular complexity index is 841. The fraction of sp³-hybridized carbons (Fsp3) is 0.235. The largest absolute Gasteiger partial charge is 0.480 e. The van der Waals surface area contributed by atoms with E-state index in [9.17, 15) is 18.3 Å². The minimum atomic E-state index is -3.83. The van der Waals surface area contributed by atoms with Gasteiger partial charge in [-0.3, -0.25) is 4.79 Å². The van der Waals surface area contributed by atoms with Crippen molar-refractivity contribution in [1.82, 2.24) is 4.31 Å². The van der Waals surface area contributed by atoms with Crippen LogP contribution in [0.3, 0.4) is 0 Å². The Morgan fingerprint density at radius 3 is 1.91 bits per heavy atom. The number of carbonyl (C=O) groups is 1. The molecule has 0 radical (unpaired) electrons. The number of benzene rings is 2. The molecule has 0 bridgehead atoms.